The molecule has 2 N–H and O–H groups in total. The van der Waals surface area contributed by atoms with E-state index >= 15 is 0 Å². The minimum atomic E-state index is -0.149. The number of nitrogens with one attached hydrogen (secondary N) is 2. The number of fused-ring (bicyclic) bond motifs is 1. The number of hydrogen-bond acceptors (Lipinski definition) is 6. The third-order valence-corrected chi connectivity index (χ3v) is 4.90. The van der Waals surface area contributed by atoms with Crippen LogP contribution in [0.3, 0.4) is 0 Å². The van der Waals surface area contributed by atoms with Crippen LogP contribution in [-0.4, -0.2) is 46.3 Å². The summed E-state index contributed by atoms with van der Waals surface area (Å²) in [5.41, 5.74) is 4.50. The van der Waals surface area contributed by atoms with Gasteiger partial charge in [-0.2, -0.15) is 4.68 Å². The Kier molecular flexibility index (Phi) is 5.03. The second-order valence-corrected chi connectivity index (χ2v) is 6.71. The van der Waals surface area contributed by atoms with Gasteiger partial charge in [0.1, 0.15) is 11.4 Å². The van der Waals surface area contributed by atoms with Gasteiger partial charge in [-0.15, -0.1) is 5.10 Å². The molecule has 0 unspecified atom stereocenters. The van der Waals surface area contributed by atoms with E-state index < -0.39 is 0 Å². The zero-order valence-corrected chi connectivity index (χ0v) is 15.9. The van der Waals surface area contributed by atoms with E-state index in [4.69, 9.17) is 4.74 Å². The number of rotatable bonds is 4. The predicted molar refractivity (Wildman–Crippen MR) is 105 cm³/mol. The van der Waals surface area contributed by atoms with Crippen LogP contribution in [-0.2, 0) is 12.8 Å². The second-order valence-electron chi connectivity index (χ2n) is 6.71. The summed E-state index contributed by atoms with van der Waals surface area (Å²) in [5.74, 6) is 1.09. The van der Waals surface area contributed by atoms with Gasteiger partial charge in [0.05, 0.1) is 7.11 Å². The van der Waals surface area contributed by atoms with Gasteiger partial charge in [0.25, 0.3) is 5.91 Å². The molecule has 0 aliphatic carbocycles. The Morgan fingerprint density at radius 1 is 1.14 bits per heavy atom. The molecule has 28 heavy (non-hydrogen) atoms. The average molecular weight is 378 g/mol. The Balaban J connectivity index is 1.60. The zero-order valence-electron chi connectivity index (χ0n) is 15.9. The number of tetrazole rings is 1. The SMILES string of the molecule is COc1ccc(NC(=O)c2ccc3c(c2)CCNCC3)cc1-n1nnnc1C. The number of nitrogens with zero attached hydrogens (tertiary/aromatic N) is 4. The molecule has 3 aromatic rings. The number of carbonyl (C=O) groups is 1. The summed E-state index contributed by atoms with van der Waals surface area (Å²) in [4.78, 5) is 12.8. The first-order valence-electron chi connectivity index (χ1n) is 9.23. The number of anilines is 1. The molecule has 4 rings (SSSR count). The van der Waals surface area contributed by atoms with Gasteiger partial charge in [-0.3, -0.25) is 4.79 Å². The number of aromatic nitrogens is 4. The number of amides is 1. The molecule has 0 bridgehead atoms. The number of aryl methyl sites for hydroxylation is 1. The molecule has 1 aliphatic heterocycles. The van der Waals surface area contributed by atoms with Gasteiger partial charge in [0.15, 0.2) is 5.82 Å². The Morgan fingerprint density at radius 2 is 1.96 bits per heavy atom. The Hall–Kier alpha value is -3.26. The fourth-order valence-electron chi connectivity index (χ4n) is 3.41. The summed E-state index contributed by atoms with van der Waals surface area (Å²) in [5, 5.41) is 17.9. The summed E-state index contributed by atoms with van der Waals surface area (Å²) in [6.07, 6.45) is 1.92. The normalized spacial score (nSPS) is 13.5. The van der Waals surface area contributed by atoms with Crippen LogP contribution in [0.25, 0.3) is 5.69 Å². The molecule has 8 nitrogen and oxygen atoms in total. The maximum Gasteiger partial charge on any atom is 0.255 e. The fourth-order valence-corrected chi connectivity index (χ4v) is 3.41. The van der Waals surface area contributed by atoms with Crippen molar-refractivity contribution in [3.8, 4) is 11.4 Å². The summed E-state index contributed by atoms with van der Waals surface area (Å²) in [7, 11) is 1.58. The van der Waals surface area contributed by atoms with Gasteiger partial charge < -0.3 is 15.4 Å². The lowest BCUT2D eigenvalue weighted by molar-refractivity contribution is 0.102. The monoisotopic (exact) mass is 378 g/mol. The van der Waals surface area contributed by atoms with Crippen molar-refractivity contribution in [3.63, 3.8) is 0 Å². The van der Waals surface area contributed by atoms with Gasteiger partial charge >= 0.3 is 0 Å². The largest absolute Gasteiger partial charge is 0.494 e. The zero-order chi connectivity index (χ0) is 19.5. The molecule has 144 valence electrons. The van der Waals surface area contributed by atoms with Crippen molar-refractivity contribution in [3.05, 3.63) is 58.9 Å². The lowest BCUT2D eigenvalue weighted by Gasteiger charge is -2.13. The first-order chi connectivity index (χ1) is 13.7. The molecule has 8 heteroatoms. The first kappa shape index (κ1) is 18.1. The van der Waals surface area contributed by atoms with Crippen LogP contribution in [0.5, 0.6) is 5.75 Å². The van der Waals surface area contributed by atoms with Crippen LogP contribution >= 0.6 is 0 Å². The number of methoxy groups -OCH3 is 1. The maximum absolute atomic E-state index is 12.8. The molecular formula is C20H22N6O2. The molecule has 0 atom stereocenters. The van der Waals surface area contributed by atoms with Crippen molar-refractivity contribution >= 4 is 11.6 Å². The van der Waals surface area contributed by atoms with Gasteiger partial charge in [0, 0.05) is 11.3 Å². The molecule has 0 fully saturated rings. The van der Waals surface area contributed by atoms with Gasteiger partial charge in [-0.1, -0.05) is 6.07 Å². The van der Waals surface area contributed by atoms with E-state index in [0.717, 1.165) is 25.9 Å². The molecule has 1 aromatic heterocycles. The molecule has 0 saturated carbocycles. The van der Waals surface area contributed by atoms with Crippen molar-refractivity contribution in [2.24, 2.45) is 0 Å². The molecule has 0 saturated heterocycles. The van der Waals surface area contributed by atoms with Crippen LogP contribution in [0.2, 0.25) is 0 Å². The van der Waals surface area contributed by atoms with E-state index in [9.17, 15) is 4.79 Å². The first-order valence-corrected chi connectivity index (χ1v) is 9.23. The van der Waals surface area contributed by atoms with E-state index in [0.29, 0.717) is 28.5 Å². The van der Waals surface area contributed by atoms with Crippen LogP contribution in [0.1, 0.15) is 27.3 Å². The van der Waals surface area contributed by atoms with Crippen molar-refractivity contribution < 1.29 is 9.53 Å². The summed E-state index contributed by atoms with van der Waals surface area (Å²) in [6.45, 7) is 3.71. The highest BCUT2D eigenvalue weighted by atomic mass is 16.5. The number of ether oxygens (including phenoxy) is 1. The van der Waals surface area contributed by atoms with E-state index in [1.54, 1.807) is 36.9 Å². The smallest absolute Gasteiger partial charge is 0.255 e. The minimum absolute atomic E-state index is 0.149. The highest BCUT2D eigenvalue weighted by Crippen LogP contribution is 2.27. The molecular weight excluding hydrogens is 356 g/mol. The number of hydrogen-bond donors (Lipinski definition) is 2. The fraction of sp³-hybridized carbons (Fsp3) is 0.300. The van der Waals surface area contributed by atoms with Crippen molar-refractivity contribution in [1.82, 2.24) is 25.5 Å². The third-order valence-electron chi connectivity index (χ3n) is 4.90. The lowest BCUT2D eigenvalue weighted by Crippen LogP contribution is -2.16. The molecule has 2 heterocycles. The van der Waals surface area contributed by atoms with Crippen molar-refractivity contribution in [1.29, 1.82) is 0 Å². The van der Waals surface area contributed by atoms with Gasteiger partial charge in [-0.05, 0) is 84.7 Å². The molecule has 1 amide bonds. The van der Waals surface area contributed by atoms with E-state index in [2.05, 4.69) is 32.2 Å². The number of carbonyl (C=O) groups excluding carboxylic acids is 1. The van der Waals surface area contributed by atoms with E-state index in [1.165, 1.54) is 11.1 Å². The van der Waals surface area contributed by atoms with E-state index in [1.807, 2.05) is 12.1 Å². The standard InChI is InChI=1S/C20H22N6O2/c1-13-23-24-25-26(13)18-12-17(5-6-19(18)28-2)22-20(27)16-4-3-14-7-9-21-10-8-15(14)11-16/h3-6,11-12,21H,7-10H2,1-2H3,(H,22,27). The summed E-state index contributed by atoms with van der Waals surface area (Å²) in [6, 6.07) is 11.3. The third kappa shape index (κ3) is 3.59. The molecule has 0 radical (unpaired) electrons. The molecule has 1 aliphatic rings. The molecule has 2 aromatic carbocycles. The van der Waals surface area contributed by atoms with Crippen LogP contribution < -0.4 is 15.4 Å². The second kappa shape index (κ2) is 7.77. The predicted octanol–water partition coefficient (Wildman–Crippen LogP) is 1.92. The molecule has 0 spiro atoms. The van der Waals surface area contributed by atoms with Gasteiger partial charge in [-0.25, -0.2) is 0 Å². The van der Waals surface area contributed by atoms with Crippen LogP contribution in [0, 0.1) is 6.92 Å². The van der Waals surface area contributed by atoms with Crippen LogP contribution in [0.4, 0.5) is 5.69 Å². The van der Waals surface area contributed by atoms with Gasteiger partial charge in [0.2, 0.25) is 0 Å². The van der Waals surface area contributed by atoms with E-state index in [-0.39, 0.29) is 5.91 Å². The van der Waals surface area contributed by atoms with Crippen LogP contribution in [0.15, 0.2) is 36.4 Å². The maximum atomic E-state index is 12.8. The Labute approximate surface area is 162 Å². The lowest BCUT2D eigenvalue weighted by atomic mass is 10.00. The van der Waals surface area contributed by atoms with Crippen molar-refractivity contribution in [2.75, 3.05) is 25.5 Å². The van der Waals surface area contributed by atoms with Crippen molar-refractivity contribution in [2.45, 2.75) is 19.8 Å². The quantitative estimate of drug-likeness (QED) is 0.720. The summed E-state index contributed by atoms with van der Waals surface area (Å²) < 4.78 is 6.98. The summed E-state index contributed by atoms with van der Waals surface area (Å²) >= 11 is 0. The highest BCUT2D eigenvalue weighted by Gasteiger charge is 2.15. The Bertz CT molecular complexity index is 1010. The average Bonchev–Trinajstić information content (AvgIpc) is 2.99. The minimum Gasteiger partial charge on any atom is -0.494 e. The highest BCUT2D eigenvalue weighted by molar-refractivity contribution is 6.04. The Morgan fingerprint density at radius 3 is 2.71 bits per heavy atom. The topological polar surface area (TPSA) is 94.0 Å². The number of benzene rings is 2.